The Morgan fingerprint density at radius 3 is 2.59 bits per heavy atom. The minimum atomic E-state index is -4.86. The third kappa shape index (κ3) is 2.98. The molecule has 0 saturated carbocycles. The first-order valence-corrected chi connectivity index (χ1v) is 5.17. The van der Waals surface area contributed by atoms with E-state index >= 15 is 0 Å². The second-order valence-electron chi connectivity index (χ2n) is 3.69. The van der Waals surface area contributed by atoms with E-state index in [1.54, 1.807) is 11.6 Å². The maximum Gasteiger partial charge on any atom is 0.471 e. The Kier molecular flexibility index (Phi) is 3.79. The maximum absolute atomic E-state index is 12.1. The Bertz CT molecular complexity index is 411. The molecule has 0 aliphatic carbocycles. The fourth-order valence-corrected chi connectivity index (χ4v) is 1.56. The van der Waals surface area contributed by atoms with Crippen LogP contribution in [0.4, 0.5) is 13.2 Å². The molecule has 1 aromatic rings. The molecule has 1 heterocycles. The molecule has 0 aliphatic rings. The number of alkyl halides is 3. The lowest BCUT2D eigenvalue weighted by Gasteiger charge is -2.15. The van der Waals surface area contributed by atoms with Crippen LogP contribution in [0.25, 0.3) is 0 Å². The van der Waals surface area contributed by atoms with E-state index in [-0.39, 0.29) is 0 Å². The summed E-state index contributed by atoms with van der Waals surface area (Å²) in [5, 5.41) is 5.91. The third-order valence-corrected chi connectivity index (χ3v) is 2.51. The quantitative estimate of drug-likeness (QED) is 0.890. The molecule has 0 aromatic carbocycles. The lowest BCUT2D eigenvalue weighted by molar-refractivity contribution is -0.174. The number of rotatable bonds is 3. The van der Waals surface area contributed by atoms with Crippen molar-refractivity contribution in [3.05, 3.63) is 17.5 Å². The normalized spacial score (nSPS) is 13.5. The fourth-order valence-electron chi connectivity index (χ4n) is 1.56. The van der Waals surface area contributed by atoms with Gasteiger partial charge in [-0.05, 0) is 20.8 Å². The number of aryl methyl sites for hydroxylation is 1. The molecular formula is C10H14F3N3O. The molecule has 1 unspecified atom stereocenters. The fraction of sp³-hybridized carbons (Fsp3) is 0.600. The highest BCUT2D eigenvalue weighted by atomic mass is 19.4. The second-order valence-corrected chi connectivity index (χ2v) is 3.69. The standard InChI is InChI=1S/C10H14F3N3O/c1-4-16-7(3)8(5-14-16)6(2)15-9(17)10(11,12)13/h5-6H,4H2,1-3H3,(H,15,17). The lowest BCUT2D eigenvalue weighted by atomic mass is 10.1. The minimum absolute atomic E-state index is 0.587. The van der Waals surface area contributed by atoms with E-state index in [0.717, 1.165) is 5.69 Å². The maximum atomic E-state index is 12.1. The second kappa shape index (κ2) is 4.77. The Morgan fingerprint density at radius 2 is 2.18 bits per heavy atom. The van der Waals surface area contributed by atoms with Crippen LogP contribution in [0, 0.1) is 6.92 Å². The Balaban J connectivity index is 2.80. The smallest absolute Gasteiger partial charge is 0.342 e. The highest BCUT2D eigenvalue weighted by molar-refractivity contribution is 5.82. The molecule has 4 nitrogen and oxygen atoms in total. The van der Waals surface area contributed by atoms with Gasteiger partial charge in [-0.25, -0.2) is 0 Å². The molecule has 0 saturated heterocycles. The number of halogens is 3. The van der Waals surface area contributed by atoms with Crippen LogP contribution in [0.2, 0.25) is 0 Å². The summed E-state index contributed by atoms with van der Waals surface area (Å²) in [6.07, 6.45) is -3.39. The average Bonchev–Trinajstić information content (AvgIpc) is 2.57. The van der Waals surface area contributed by atoms with Gasteiger partial charge in [0, 0.05) is 17.8 Å². The van der Waals surface area contributed by atoms with Crippen LogP contribution in [0.15, 0.2) is 6.20 Å². The van der Waals surface area contributed by atoms with E-state index in [4.69, 9.17) is 0 Å². The molecule has 1 rings (SSSR count). The molecule has 17 heavy (non-hydrogen) atoms. The van der Waals surface area contributed by atoms with Gasteiger partial charge in [0.2, 0.25) is 0 Å². The zero-order valence-electron chi connectivity index (χ0n) is 9.80. The predicted molar refractivity (Wildman–Crippen MR) is 55.3 cm³/mol. The highest BCUT2D eigenvalue weighted by Gasteiger charge is 2.39. The highest BCUT2D eigenvalue weighted by Crippen LogP contribution is 2.20. The van der Waals surface area contributed by atoms with Gasteiger partial charge < -0.3 is 5.32 Å². The van der Waals surface area contributed by atoms with E-state index in [1.807, 2.05) is 12.2 Å². The van der Waals surface area contributed by atoms with Crippen molar-refractivity contribution < 1.29 is 18.0 Å². The van der Waals surface area contributed by atoms with Gasteiger partial charge in [-0.2, -0.15) is 18.3 Å². The van der Waals surface area contributed by atoms with Crippen molar-refractivity contribution >= 4 is 5.91 Å². The van der Waals surface area contributed by atoms with Crippen molar-refractivity contribution in [3.8, 4) is 0 Å². The summed E-state index contributed by atoms with van der Waals surface area (Å²) in [6.45, 7) is 5.75. The van der Waals surface area contributed by atoms with E-state index in [1.165, 1.54) is 13.1 Å². The van der Waals surface area contributed by atoms with Gasteiger partial charge in [0.05, 0.1) is 12.2 Å². The summed E-state index contributed by atoms with van der Waals surface area (Å²) in [4.78, 5) is 10.8. The summed E-state index contributed by atoms with van der Waals surface area (Å²) in [5.74, 6) is -1.94. The monoisotopic (exact) mass is 249 g/mol. The van der Waals surface area contributed by atoms with Crippen LogP contribution in [-0.4, -0.2) is 21.9 Å². The molecule has 0 aliphatic heterocycles. The van der Waals surface area contributed by atoms with Crippen molar-refractivity contribution in [2.45, 2.75) is 39.5 Å². The van der Waals surface area contributed by atoms with Crippen LogP contribution in [0.3, 0.4) is 0 Å². The van der Waals surface area contributed by atoms with E-state index < -0.39 is 18.1 Å². The van der Waals surface area contributed by atoms with Crippen LogP contribution in [-0.2, 0) is 11.3 Å². The number of carbonyl (C=O) groups excluding carboxylic acids is 1. The topological polar surface area (TPSA) is 46.9 Å². The van der Waals surface area contributed by atoms with Gasteiger partial charge in [-0.1, -0.05) is 0 Å². The van der Waals surface area contributed by atoms with E-state index in [0.29, 0.717) is 12.1 Å². The number of hydrogen-bond donors (Lipinski definition) is 1. The first kappa shape index (κ1) is 13.5. The minimum Gasteiger partial charge on any atom is -0.342 e. The van der Waals surface area contributed by atoms with Crippen LogP contribution in [0.5, 0.6) is 0 Å². The van der Waals surface area contributed by atoms with Crippen molar-refractivity contribution in [1.82, 2.24) is 15.1 Å². The summed E-state index contributed by atoms with van der Waals surface area (Å²) >= 11 is 0. The van der Waals surface area contributed by atoms with Crippen LogP contribution >= 0.6 is 0 Å². The average molecular weight is 249 g/mol. The van der Waals surface area contributed by atoms with Gasteiger partial charge in [0.1, 0.15) is 0 Å². The molecule has 7 heteroatoms. The number of aromatic nitrogens is 2. The molecule has 96 valence electrons. The van der Waals surface area contributed by atoms with Crippen molar-refractivity contribution in [1.29, 1.82) is 0 Å². The van der Waals surface area contributed by atoms with Crippen LogP contribution in [0.1, 0.15) is 31.1 Å². The summed E-state index contributed by atoms with van der Waals surface area (Å²) in [5.41, 5.74) is 1.34. The summed E-state index contributed by atoms with van der Waals surface area (Å²) in [7, 11) is 0. The number of hydrogen-bond acceptors (Lipinski definition) is 2. The molecule has 0 spiro atoms. The van der Waals surface area contributed by atoms with Crippen molar-refractivity contribution in [2.24, 2.45) is 0 Å². The molecule has 1 N–H and O–H groups in total. The number of amides is 1. The molecule has 1 aromatic heterocycles. The SMILES string of the molecule is CCn1ncc(C(C)NC(=O)C(F)(F)F)c1C. The molecule has 0 bridgehead atoms. The van der Waals surface area contributed by atoms with Gasteiger partial charge in [-0.3, -0.25) is 9.48 Å². The largest absolute Gasteiger partial charge is 0.471 e. The number of carbonyl (C=O) groups is 1. The van der Waals surface area contributed by atoms with Crippen LogP contribution < -0.4 is 5.32 Å². The van der Waals surface area contributed by atoms with Gasteiger partial charge in [-0.15, -0.1) is 0 Å². The first-order valence-electron chi connectivity index (χ1n) is 5.17. The van der Waals surface area contributed by atoms with E-state index in [9.17, 15) is 18.0 Å². The summed E-state index contributed by atoms with van der Waals surface area (Å²) in [6, 6.07) is -0.718. The predicted octanol–water partition coefficient (Wildman–Crippen LogP) is 1.95. The Hall–Kier alpha value is -1.53. The van der Waals surface area contributed by atoms with Gasteiger partial charge >= 0.3 is 12.1 Å². The molecule has 1 atom stereocenters. The van der Waals surface area contributed by atoms with Gasteiger partial charge in [0.25, 0.3) is 0 Å². The zero-order valence-corrected chi connectivity index (χ0v) is 9.80. The van der Waals surface area contributed by atoms with Gasteiger partial charge in [0.15, 0.2) is 0 Å². The molecule has 1 amide bonds. The molecule has 0 fully saturated rings. The number of nitrogens with one attached hydrogen (secondary N) is 1. The first-order chi connectivity index (χ1) is 7.77. The van der Waals surface area contributed by atoms with Crippen molar-refractivity contribution in [3.63, 3.8) is 0 Å². The van der Waals surface area contributed by atoms with Crippen molar-refractivity contribution in [2.75, 3.05) is 0 Å². The van der Waals surface area contributed by atoms with E-state index in [2.05, 4.69) is 5.10 Å². The third-order valence-electron chi connectivity index (χ3n) is 2.51. The lowest BCUT2D eigenvalue weighted by Crippen LogP contribution is -2.38. The molecule has 0 radical (unpaired) electrons. The number of nitrogens with zero attached hydrogens (tertiary/aromatic N) is 2. The Labute approximate surface area is 96.8 Å². The summed E-state index contributed by atoms with van der Waals surface area (Å²) < 4.78 is 37.9. The molecular weight excluding hydrogens is 235 g/mol. The Morgan fingerprint density at radius 1 is 1.59 bits per heavy atom. The zero-order chi connectivity index (χ0) is 13.2.